The van der Waals surface area contributed by atoms with Crippen molar-refractivity contribution in [2.24, 2.45) is 0 Å². The third kappa shape index (κ3) is 3.65. The van der Waals surface area contributed by atoms with Gasteiger partial charge in [0.15, 0.2) is 0 Å². The summed E-state index contributed by atoms with van der Waals surface area (Å²) < 4.78 is 5.19. The molecule has 6 nitrogen and oxygen atoms in total. The van der Waals surface area contributed by atoms with Gasteiger partial charge in [0.25, 0.3) is 0 Å². The van der Waals surface area contributed by atoms with Gasteiger partial charge in [0, 0.05) is 18.8 Å². The van der Waals surface area contributed by atoms with Crippen LogP contribution in [0.3, 0.4) is 0 Å². The number of hydrogen-bond acceptors (Lipinski definition) is 5. The maximum atomic E-state index is 11.2. The van der Waals surface area contributed by atoms with Crippen molar-refractivity contribution in [1.82, 2.24) is 4.98 Å². The first-order chi connectivity index (χ1) is 10.5. The maximum absolute atomic E-state index is 11.2. The van der Waals surface area contributed by atoms with Gasteiger partial charge in [0.2, 0.25) is 5.91 Å². The van der Waals surface area contributed by atoms with E-state index in [9.17, 15) is 4.79 Å². The highest BCUT2D eigenvalue weighted by Crippen LogP contribution is 2.30. The van der Waals surface area contributed by atoms with Gasteiger partial charge in [-0.25, -0.2) is 4.98 Å². The summed E-state index contributed by atoms with van der Waals surface area (Å²) >= 11 is 6.07. The molecule has 0 unspecified atom stereocenters. The van der Waals surface area contributed by atoms with Crippen LogP contribution in [-0.2, 0) is 4.79 Å². The Bertz CT molecular complexity index is 756. The molecule has 0 bridgehead atoms. The molecule has 1 aromatic carbocycles. The number of hydrogen-bond donors (Lipinski definition) is 2. The monoisotopic (exact) mass is 316 g/mol. The van der Waals surface area contributed by atoms with Gasteiger partial charge in [-0.3, -0.25) is 4.79 Å². The Balaban J connectivity index is 2.30. The lowest BCUT2D eigenvalue weighted by atomic mass is 10.2. The molecule has 112 valence electrons. The third-order valence-electron chi connectivity index (χ3n) is 2.74. The van der Waals surface area contributed by atoms with Crippen molar-refractivity contribution >= 4 is 34.7 Å². The van der Waals surface area contributed by atoms with Crippen molar-refractivity contribution in [1.29, 1.82) is 5.26 Å². The van der Waals surface area contributed by atoms with Gasteiger partial charge in [0.1, 0.15) is 17.6 Å². The molecule has 0 aliphatic heterocycles. The van der Waals surface area contributed by atoms with Crippen molar-refractivity contribution < 1.29 is 9.53 Å². The predicted octanol–water partition coefficient (Wildman–Crippen LogP) is 3.32. The van der Waals surface area contributed by atoms with E-state index in [-0.39, 0.29) is 5.91 Å². The van der Waals surface area contributed by atoms with E-state index in [2.05, 4.69) is 15.6 Å². The largest absolute Gasteiger partial charge is 0.495 e. The van der Waals surface area contributed by atoms with Crippen LogP contribution < -0.4 is 15.4 Å². The number of ether oxygens (including phenoxy) is 1. The highest BCUT2D eigenvalue weighted by atomic mass is 35.5. The maximum Gasteiger partial charge on any atom is 0.221 e. The first kappa shape index (κ1) is 15.6. The number of carbonyl (C=O) groups excluding carboxylic acids is 1. The molecule has 0 aliphatic rings. The van der Waals surface area contributed by atoms with Crippen LogP contribution in [0.4, 0.5) is 17.2 Å². The molecule has 0 saturated carbocycles. The molecule has 0 aliphatic carbocycles. The van der Waals surface area contributed by atoms with Gasteiger partial charge in [0.05, 0.1) is 23.4 Å². The summed E-state index contributed by atoms with van der Waals surface area (Å²) in [7, 11) is 1.52. The molecule has 0 saturated heterocycles. The SMILES string of the molecule is COc1ccc(Nc2ncc(C#N)cc2Cl)cc1NC(C)=O. The lowest BCUT2D eigenvalue weighted by molar-refractivity contribution is -0.114. The Morgan fingerprint density at radius 3 is 2.77 bits per heavy atom. The molecule has 1 heterocycles. The quantitative estimate of drug-likeness (QED) is 0.903. The second-order valence-electron chi connectivity index (χ2n) is 4.39. The molecule has 2 N–H and O–H groups in total. The van der Waals surface area contributed by atoms with Crippen LogP contribution in [0.5, 0.6) is 5.75 Å². The zero-order valence-electron chi connectivity index (χ0n) is 12.0. The fourth-order valence-corrected chi connectivity index (χ4v) is 2.01. The average Bonchev–Trinajstić information content (AvgIpc) is 2.49. The number of aromatic nitrogens is 1. The van der Waals surface area contributed by atoms with E-state index >= 15 is 0 Å². The van der Waals surface area contributed by atoms with E-state index in [1.807, 2.05) is 6.07 Å². The Morgan fingerprint density at radius 2 is 2.18 bits per heavy atom. The van der Waals surface area contributed by atoms with Gasteiger partial charge in [-0.15, -0.1) is 0 Å². The van der Waals surface area contributed by atoms with Crippen LogP contribution in [0, 0.1) is 11.3 Å². The number of anilines is 3. The first-order valence-corrected chi connectivity index (χ1v) is 6.69. The highest BCUT2D eigenvalue weighted by molar-refractivity contribution is 6.33. The van der Waals surface area contributed by atoms with E-state index in [0.717, 1.165) is 0 Å². The Hall–Kier alpha value is -2.78. The van der Waals surface area contributed by atoms with Crippen molar-refractivity contribution in [2.45, 2.75) is 6.92 Å². The number of halogens is 1. The van der Waals surface area contributed by atoms with E-state index in [1.54, 1.807) is 18.2 Å². The number of carbonyl (C=O) groups is 1. The van der Waals surface area contributed by atoms with Crippen molar-refractivity contribution in [3.8, 4) is 11.8 Å². The van der Waals surface area contributed by atoms with E-state index in [4.69, 9.17) is 21.6 Å². The Labute approximate surface area is 132 Å². The number of benzene rings is 1. The molecule has 2 rings (SSSR count). The Morgan fingerprint density at radius 1 is 1.41 bits per heavy atom. The summed E-state index contributed by atoms with van der Waals surface area (Å²) in [6.07, 6.45) is 1.42. The van der Waals surface area contributed by atoms with Crippen molar-refractivity contribution in [3.05, 3.63) is 41.0 Å². The minimum absolute atomic E-state index is 0.204. The molecule has 0 spiro atoms. The molecule has 2 aromatic rings. The van der Waals surface area contributed by atoms with Gasteiger partial charge in [-0.05, 0) is 24.3 Å². The smallest absolute Gasteiger partial charge is 0.221 e. The number of nitriles is 1. The van der Waals surface area contributed by atoms with E-state index < -0.39 is 0 Å². The fraction of sp³-hybridized carbons (Fsp3) is 0.133. The molecule has 1 amide bonds. The number of rotatable bonds is 4. The summed E-state index contributed by atoms with van der Waals surface area (Å²) in [5, 5.41) is 14.8. The fourth-order valence-electron chi connectivity index (χ4n) is 1.80. The van der Waals surface area contributed by atoms with Crippen LogP contribution >= 0.6 is 11.6 Å². The molecule has 0 radical (unpaired) electrons. The van der Waals surface area contributed by atoms with E-state index in [0.29, 0.717) is 33.5 Å². The minimum atomic E-state index is -0.204. The van der Waals surface area contributed by atoms with E-state index in [1.165, 1.54) is 26.3 Å². The van der Waals surface area contributed by atoms with Gasteiger partial charge >= 0.3 is 0 Å². The standard InChI is InChI=1S/C15H13ClN4O2/c1-9(21)19-13-6-11(3-4-14(13)22-2)20-15-12(16)5-10(7-17)8-18-15/h3-6,8H,1-2H3,(H,18,20)(H,19,21). The van der Waals surface area contributed by atoms with Crippen LogP contribution in [-0.4, -0.2) is 18.0 Å². The second kappa shape index (κ2) is 6.78. The first-order valence-electron chi connectivity index (χ1n) is 6.31. The summed E-state index contributed by atoms with van der Waals surface area (Å²) in [6, 6.07) is 8.67. The number of amides is 1. The summed E-state index contributed by atoms with van der Waals surface area (Å²) in [4.78, 5) is 15.3. The predicted molar refractivity (Wildman–Crippen MR) is 84.5 cm³/mol. The van der Waals surface area contributed by atoms with Crippen molar-refractivity contribution in [3.63, 3.8) is 0 Å². The average molecular weight is 317 g/mol. The number of nitrogens with zero attached hydrogens (tertiary/aromatic N) is 2. The lowest BCUT2D eigenvalue weighted by Crippen LogP contribution is -2.07. The topological polar surface area (TPSA) is 87.0 Å². The normalized spacial score (nSPS) is 9.73. The summed E-state index contributed by atoms with van der Waals surface area (Å²) in [5.41, 5.74) is 1.58. The zero-order chi connectivity index (χ0) is 16.1. The molecular formula is C15H13ClN4O2. The van der Waals surface area contributed by atoms with Gasteiger partial charge in [-0.1, -0.05) is 11.6 Å². The minimum Gasteiger partial charge on any atom is -0.495 e. The number of nitrogens with one attached hydrogen (secondary N) is 2. The molecule has 0 fully saturated rings. The third-order valence-corrected chi connectivity index (χ3v) is 3.03. The lowest BCUT2D eigenvalue weighted by Gasteiger charge is -2.12. The van der Waals surface area contributed by atoms with Crippen LogP contribution in [0.25, 0.3) is 0 Å². The number of methoxy groups -OCH3 is 1. The highest BCUT2D eigenvalue weighted by Gasteiger charge is 2.08. The Kier molecular flexibility index (Phi) is 4.81. The molecule has 22 heavy (non-hydrogen) atoms. The van der Waals surface area contributed by atoms with Crippen LogP contribution in [0.2, 0.25) is 5.02 Å². The summed E-state index contributed by atoms with van der Waals surface area (Å²) in [5.74, 6) is 0.754. The summed E-state index contributed by atoms with van der Waals surface area (Å²) in [6.45, 7) is 1.42. The second-order valence-corrected chi connectivity index (χ2v) is 4.79. The van der Waals surface area contributed by atoms with Crippen LogP contribution in [0.15, 0.2) is 30.5 Å². The van der Waals surface area contributed by atoms with Gasteiger partial charge < -0.3 is 15.4 Å². The van der Waals surface area contributed by atoms with Crippen molar-refractivity contribution in [2.75, 3.05) is 17.7 Å². The number of pyridine rings is 1. The molecule has 1 aromatic heterocycles. The molecule has 0 atom stereocenters. The molecular weight excluding hydrogens is 304 g/mol. The molecule has 7 heteroatoms. The van der Waals surface area contributed by atoms with Crippen LogP contribution in [0.1, 0.15) is 12.5 Å². The van der Waals surface area contributed by atoms with Gasteiger partial charge in [-0.2, -0.15) is 5.26 Å². The zero-order valence-corrected chi connectivity index (χ0v) is 12.7.